The number of carbonyl (C=O) groups is 1. The molecule has 3 nitrogen and oxygen atoms in total. The highest BCUT2D eigenvalue weighted by molar-refractivity contribution is 7.11. The number of aromatic nitrogens is 1. The van der Waals surface area contributed by atoms with E-state index in [1.165, 1.54) is 0 Å². The van der Waals surface area contributed by atoms with Crippen LogP contribution >= 0.6 is 11.3 Å². The summed E-state index contributed by atoms with van der Waals surface area (Å²) in [5.74, 6) is -0.141. The highest BCUT2D eigenvalue weighted by Crippen LogP contribution is 2.17. The number of thiazole rings is 1. The maximum Gasteiger partial charge on any atom is 0.303 e. The van der Waals surface area contributed by atoms with Crippen molar-refractivity contribution in [3.05, 3.63) is 16.1 Å². The Hall–Kier alpha value is -0.900. The summed E-state index contributed by atoms with van der Waals surface area (Å²) in [4.78, 5) is 15.7. The topological polar surface area (TPSA) is 50.2 Å². The Balaban J connectivity index is 2.46. The molecule has 0 radical (unpaired) electrons. The maximum atomic E-state index is 10.3. The number of nitrogens with zero attached hydrogens (tertiary/aromatic N) is 1. The number of aryl methyl sites for hydroxylation is 1. The Kier molecular flexibility index (Phi) is 4.07. The fraction of sp³-hybridized carbons (Fsp3) is 0.600. The van der Waals surface area contributed by atoms with Crippen molar-refractivity contribution in [1.29, 1.82) is 0 Å². The largest absolute Gasteiger partial charge is 0.481 e. The highest BCUT2D eigenvalue weighted by Gasteiger charge is 2.05. The molecule has 0 amide bonds. The molecule has 14 heavy (non-hydrogen) atoms. The molecule has 0 spiro atoms. The van der Waals surface area contributed by atoms with Gasteiger partial charge in [0.1, 0.15) is 0 Å². The van der Waals surface area contributed by atoms with Crippen LogP contribution in [-0.2, 0) is 17.6 Å². The molecule has 78 valence electrons. The zero-order valence-electron chi connectivity index (χ0n) is 8.49. The van der Waals surface area contributed by atoms with Crippen LogP contribution in [0, 0.1) is 5.92 Å². The van der Waals surface area contributed by atoms with Gasteiger partial charge in [0.05, 0.1) is 11.4 Å². The van der Waals surface area contributed by atoms with Gasteiger partial charge in [0.15, 0.2) is 0 Å². The number of rotatable bonds is 5. The zero-order valence-corrected chi connectivity index (χ0v) is 9.30. The van der Waals surface area contributed by atoms with Crippen molar-refractivity contribution in [3.63, 3.8) is 0 Å². The lowest BCUT2D eigenvalue weighted by Crippen LogP contribution is -1.95. The van der Waals surface area contributed by atoms with Crippen LogP contribution in [0.5, 0.6) is 0 Å². The average molecular weight is 213 g/mol. The molecule has 1 aromatic heterocycles. The van der Waals surface area contributed by atoms with Crippen LogP contribution in [0.3, 0.4) is 0 Å². The van der Waals surface area contributed by atoms with Crippen LogP contribution in [0.1, 0.15) is 30.2 Å². The minimum absolute atomic E-state index is 0.198. The van der Waals surface area contributed by atoms with Crippen molar-refractivity contribution in [2.24, 2.45) is 5.92 Å². The van der Waals surface area contributed by atoms with E-state index in [0.717, 1.165) is 16.3 Å². The van der Waals surface area contributed by atoms with Crippen LogP contribution in [0.4, 0.5) is 0 Å². The second-order valence-corrected chi connectivity index (χ2v) is 4.91. The normalized spacial score (nSPS) is 10.8. The van der Waals surface area contributed by atoms with E-state index in [0.29, 0.717) is 12.3 Å². The molecule has 0 aliphatic heterocycles. The van der Waals surface area contributed by atoms with Gasteiger partial charge in [0.2, 0.25) is 0 Å². The molecule has 1 heterocycles. The summed E-state index contributed by atoms with van der Waals surface area (Å²) in [5, 5.41) is 9.62. The Morgan fingerprint density at radius 2 is 2.36 bits per heavy atom. The van der Waals surface area contributed by atoms with Gasteiger partial charge in [-0.05, 0) is 12.3 Å². The second-order valence-electron chi connectivity index (χ2n) is 3.71. The monoisotopic (exact) mass is 213 g/mol. The van der Waals surface area contributed by atoms with E-state index in [1.54, 1.807) is 17.5 Å². The highest BCUT2D eigenvalue weighted by atomic mass is 32.1. The Morgan fingerprint density at radius 1 is 1.64 bits per heavy atom. The van der Waals surface area contributed by atoms with Gasteiger partial charge in [0, 0.05) is 17.5 Å². The van der Waals surface area contributed by atoms with E-state index >= 15 is 0 Å². The molecule has 0 atom stereocenters. The Morgan fingerprint density at radius 3 is 2.93 bits per heavy atom. The summed E-state index contributed by atoms with van der Waals surface area (Å²) >= 11 is 1.63. The van der Waals surface area contributed by atoms with Gasteiger partial charge in [-0.2, -0.15) is 0 Å². The molecular formula is C10H15NO2S. The predicted octanol–water partition coefficient (Wildman–Crippen LogP) is 2.36. The van der Waals surface area contributed by atoms with Gasteiger partial charge < -0.3 is 5.11 Å². The van der Waals surface area contributed by atoms with E-state index in [4.69, 9.17) is 5.11 Å². The van der Waals surface area contributed by atoms with Crippen LogP contribution in [0.2, 0.25) is 0 Å². The maximum absolute atomic E-state index is 10.3. The lowest BCUT2D eigenvalue weighted by atomic mass is 10.1. The van der Waals surface area contributed by atoms with Crippen molar-refractivity contribution >= 4 is 17.3 Å². The lowest BCUT2D eigenvalue weighted by Gasteiger charge is -1.98. The lowest BCUT2D eigenvalue weighted by molar-refractivity contribution is -0.136. The third-order valence-corrected chi connectivity index (χ3v) is 2.85. The number of hydrogen-bond acceptors (Lipinski definition) is 3. The first kappa shape index (κ1) is 11.2. The van der Waals surface area contributed by atoms with Crippen LogP contribution < -0.4 is 0 Å². The summed E-state index contributed by atoms with van der Waals surface area (Å²) in [6.07, 6.45) is 3.58. The minimum Gasteiger partial charge on any atom is -0.481 e. The van der Waals surface area contributed by atoms with Crippen molar-refractivity contribution in [2.75, 3.05) is 0 Å². The number of carboxylic acid groups (broad SMARTS) is 1. The van der Waals surface area contributed by atoms with Gasteiger partial charge in [-0.25, -0.2) is 4.98 Å². The number of hydrogen-bond donors (Lipinski definition) is 1. The fourth-order valence-corrected chi connectivity index (χ4v) is 2.27. The first-order valence-electron chi connectivity index (χ1n) is 4.73. The quantitative estimate of drug-likeness (QED) is 0.816. The molecule has 0 bridgehead atoms. The standard InChI is InChI=1S/C10H15NO2S/c1-7(2)5-9-11-6-8(14-9)3-4-10(12)13/h6-7H,3-5H2,1-2H3,(H,12,13). The molecular weight excluding hydrogens is 198 g/mol. The molecule has 0 aliphatic rings. The van der Waals surface area contributed by atoms with E-state index in [1.807, 2.05) is 0 Å². The smallest absolute Gasteiger partial charge is 0.303 e. The molecule has 1 N–H and O–H groups in total. The predicted molar refractivity (Wildman–Crippen MR) is 56.6 cm³/mol. The molecule has 0 saturated carbocycles. The van der Waals surface area contributed by atoms with Crippen molar-refractivity contribution in [1.82, 2.24) is 4.98 Å². The minimum atomic E-state index is -0.746. The fourth-order valence-electron chi connectivity index (χ4n) is 1.14. The Labute approximate surface area is 87.8 Å². The van der Waals surface area contributed by atoms with E-state index in [9.17, 15) is 4.79 Å². The second kappa shape index (κ2) is 5.10. The molecule has 1 aromatic rings. The Bertz CT molecular complexity index is 307. The van der Waals surface area contributed by atoms with Crippen LogP contribution in [0.15, 0.2) is 6.20 Å². The molecule has 0 saturated heterocycles. The molecule has 0 unspecified atom stereocenters. The van der Waals surface area contributed by atoms with E-state index in [2.05, 4.69) is 18.8 Å². The average Bonchev–Trinajstić information content (AvgIpc) is 2.47. The number of carboxylic acids is 1. The summed E-state index contributed by atoms with van der Waals surface area (Å²) in [6.45, 7) is 4.30. The zero-order chi connectivity index (χ0) is 10.6. The number of aliphatic carboxylic acids is 1. The summed E-state index contributed by atoms with van der Waals surface area (Å²) < 4.78 is 0. The summed E-state index contributed by atoms with van der Waals surface area (Å²) in [6, 6.07) is 0. The molecule has 0 aromatic carbocycles. The van der Waals surface area contributed by atoms with Gasteiger partial charge >= 0.3 is 5.97 Å². The van der Waals surface area contributed by atoms with Crippen molar-refractivity contribution < 1.29 is 9.90 Å². The van der Waals surface area contributed by atoms with E-state index in [-0.39, 0.29) is 6.42 Å². The molecule has 0 fully saturated rings. The molecule has 4 heteroatoms. The van der Waals surface area contributed by atoms with Crippen molar-refractivity contribution in [2.45, 2.75) is 33.1 Å². The summed E-state index contributed by atoms with van der Waals surface area (Å²) in [7, 11) is 0. The van der Waals surface area contributed by atoms with Gasteiger partial charge in [-0.3, -0.25) is 4.79 Å². The van der Waals surface area contributed by atoms with Crippen molar-refractivity contribution in [3.8, 4) is 0 Å². The van der Waals surface area contributed by atoms with Crippen LogP contribution in [0.25, 0.3) is 0 Å². The third kappa shape index (κ3) is 3.87. The van der Waals surface area contributed by atoms with Gasteiger partial charge in [0.25, 0.3) is 0 Å². The van der Waals surface area contributed by atoms with Crippen LogP contribution in [-0.4, -0.2) is 16.1 Å². The first-order chi connectivity index (χ1) is 6.58. The van der Waals surface area contributed by atoms with Gasteiger partial charge in [-0.1, -0.05) is 13.8 Å². The first-order valence-corrected chi connectivity index (χ1v) is 5.55. The molecule has 0 aliphatic carbocycles. The third-order valence-electron chi connectivity index (χ3n) is 1.77. The SMILES string of the molecule is CC(C)Cc1ncc(CCC(=O)O)s1. The summed E-state index contributed by atoms with van der Waals surface area (Å²) in [5.41, 5.74) is 0. The molecule has 1 rings (SSSR count). The van der Waals surface area contributed by atoms with E-state index < -0.39 is 5.97 Å². The van der Waals surface area contributed by atoms with Gasteiger partial charge in [-0.15, -0.1) is 11.3 Å².